The number of thiophene rings is 1. The van der Waals surface area contributed by atoms with E-state index < -0.39 is 0 Å². The molecule has 1 aliphatic carbocycles. The summed E-state index contributed by atoms with van der Waals surface area (Å²) >= 11 is 7.70. The summed E-state index contributed by atoms with van der Waals surface area (Å²) < 4.78 is 0. The van der Waals surface area contributed by atoms with Crippen LogP contribution in [0.5, 0.6) is 0 Å². The Balaban J connectivity index is 1.77. The van der Waals surface area contributed by atoms with E-state index in [9.17, 15) is 4.79 Å². The van der Waals surface area contributed by atoms with Crippen LogP contribution in [0.1, 0.15) is 35.7 Å². The number of carbonyl (C=O) groups is 1. The summed E-state index contributed by atoms with van der Waals surface area (Å²) in [7, 11) is 0. The van der Waals surface area contributed by atoms with Crippen LogP contribution in [0.4, 0.5) is 0 Å². The summed E-state index contributed by atoms with van der Waals surface area (Å²) in [6.45, 7) is 2.86. The van der Waals surface area contributed by atoms with Crippen molar-refractivity contribution in [3.8, 4) is 0 Å². The average molecular weight is 320 g/mol. The first-order valence-electron chi connectivity index (χ1n) is 7.22. The second kappa shape index (κ2) is 6.30. The van der Waals surface area contributed by atoms with Gasteiger partial charge in [0.15, 0.2) is 5.78 Å². The highest BCUT2D eigenvalue weighted by Crippen LogP contribution is 2.31. The highest BCUT2D eigenvalue weighted by atomic mass is 35.5. The second-order valence-corrected chi connectivity index (χ2v) is 6.80. The number of hydrogen-bond acceptors (Lipinski definition) is 3. The molecule has 1 heterocycles. The minimum atomic E-state index is -0.115. The first kappa shape index (κ1) is 14.8. The number of ketones is 1. The number of rotatable bonds is 6. The molecule has 1 aliphatic rings. The van der Waals surface area contributed by atoms with Crippen LogP contribution < -0.4 is 0 Å². The summed E-state index contributed by atoms with van der Waals surface area (Å²) in [5, 5.41) is 4.86. The fraction of sp³-hybridized carbons (Fsp3) is 0.353. The molecule has 110 valence electrons. The van der Waals surface area contributed by atoms with Gasteiger partial charge in [-0.1, -0.05) is 23.7 Å². The molecule has 0 amide bonds. The second-order valence-electron chi connectivity index (χ2n) is 5.59. The van der Waals surface area contributed by atoms with Crippen molar-refractivity contribution in [2.45, 2.75) is 38.4 Å². The van der Waals surface area contributed by atoms with Crippen LogP contribution in [0.2, 0.25) is 5.02 Å². The maximum atomic E-state index is 12.7. The van der Waals surface area contributed by atoms with Crippen molar-refractivity contribution in [2.75, 3.05) is 0 Å². The van der Waals surface area contributed by atoms with Gasteiger partial charge in [0.25, 0.3) is 0 Å². The molecule has 0 spiro atoms. The van der Waals surface area contributed by atoms with E-state index in [1.807, 2.05) is 19.1 Å². The number of nitrogens with zero attached hydrogens (tertiary/aromatic N) is 1. The molecule has 0 N–H and O–H groups in total. The third-order valence-electron chi connectivity index (χ3n) is 3.95. The summed E-state index contributed by atoms with van der Waals surface area (Å²) in [5.74, 6) is 0.152. The van der Waals surface area contributed by atoms with Crippen LogP contribution in [0, 0.1) is 0 Å². The molecule has 21 heavy (non-hydrogen) atoms. The van der Waals surface area contributed by atoms with Crippen LogP contribution in [0.15, 0.2) is 41.1 Å². The molecule has 1 aromatic carbocycles. The molecule has 4 heteroatoms. The molecule has 1 aromatic heterocycles. The Hall–Kier alpha value is -1.16. The Morgan fingerprint density at radius 2 is 2.24 bits per heavy atom. The van der Waals surface area contributed by atoms with E-state index in [-0.39, 0.29) is 11.8 Å². The smallest absolute Gasteiger partial charge is 0.179 e. The fourth-order valence-corrected chi connectivity index (χ4v) is 3.47. The molecule has 0 radical (unpaired) electrons. The highest BCUT2D eigenvalue weighted by Gasteiger charge is 2.35. The van der Waals surface area contributed by atoms with Crippen LogP contribution in [0.3, 0.4) is 0 Å². The molecule has 0 aliphatic heterocycles. The number of Topliss-reactive ketones (excluding diaryl/α,β-unsaturated/α-hetero) is 1. The SMILES string of the molecule is CC(C(=O)c1cccc(Cl)c1)N(Cc1ccsc1)C1CC1. The van der Waals surface area contributed by atoms with Gasteiger partial charge in [-0.15, -0.1) is 0 Å². The predicted octanol–water partition coefficient (Wildman–Crippen LogP) is 4.64. The van der Waals surface area contributed by atoms with Crippen molar-refractivity contribution in [1.29, 1.82) is 0 Å². The lowest BCUT2D eigenvalue weighted by molar-refractivity contribution is 0.0815. The summed E-state index contributed by atoms with van der Waals surface area (Å²) in [4.78, 5) is 15.0. The van der Waals surface area contributed by atoms with Crippen LogP contribution in [0.25, 0.3) is 0 Å². The van der Waals surface area contributed by atoms with Gasteiger partial charge >= 0.3 is 0 Å². The molecule has 1 fully saturated rings. The molecule has 1 saturated carbocycles. The van der Waals surface area contributed by atoms with E-state index in [1.165, 1.54) is 18.4 Å². The molecular weight excluding hydrogens is 302 g/mol. The molecule has 3 rings (SSSR count). The molecule has 1 atom stereocenters. The summed E-state index contributed by atoms with van der Waals surface area (Å²) in [6, 6.07) is 9.81. The van der Waals surface area contributed by atoms with Crippen LogP contribution >= 0.6 is 22.9 Å². The first-order valence-corrected chi connectivity index (χ1v) is 8.54. The molecule has 0 saturated heterocycles. The predicted molar refractivity (Wildman–Crippen MR) is 88.1 cm³/mol. The van der Waals surface area contributed by atoms with Gasteiger partial charge in [-0.2, -0.15) is 11.3 Å². The van der Waals surface area contributed by atoms with Crippen molar-refractivity contribution >= 4 is 28.7 Å². The van der Waals surface area contributed by atoms with E-state index in [4.69, 9.17) is 11.6 Å². The number of carbonyl (C=O) groups excluding carboxylic acids is 1. The molecule has 0 bridgehead atoms. The largest absolute Gasteiger partial charge is 0.292 e. The first-order chi connectivity index (χ1) is 10.1. The van der Waals surface area contributed by atoms with E-state index in [1.54, 1.807) is 23.5 Å². The van der Waals surface area contributed by atoms with E-state index in [0.717, 1.165) is 6.54 Å². The minimum Gasteiger partial charge on any atom is -0.292 e. The summed E-state index contributed by atoms with van der Waals surface area (Å²) in [5.41, 5.74) is 1.99. The Morgan fingerprint density at radius 1 is 1.43 bits per heavy atom. The lowest BCUT2D eigenvalue weighted by atomic mass is 10.0. The maximum Gasteiger partial charge on any atom is 0.179 e. The van der Waals surface area contributed by atoms with Gasteiger partial charge in [-0.3, -0.25) is 9.69 Å². The minimum absolute atomic E-state index is 0.115. The Labute approximate surface area is 134 Å². The van der Waals surface area contributed by atoms with Crippen molar-refractivity contribution < 1.29 is 4.79 Å². The lowest BCUT2D eigenvalue weighted by Gasteiger charge is -2.28. The fourth-order valence-electron chi connectivity index (χ4n) is 2.62. The van der Waals surface area contributed by atoms with E-state index >= 15 is 0 Å². The zero-order valence-electron chi connectivity index (χ0n) is 12.0. The van der Waals surface area contributed by atoms with Gasteiger partial charge in [-0.05, 0) is 54.3 Å². The van der Waals surface area contributed by atoms with Crippen molar-refractivity contribution in [1.82, 2.24) is 4.90 Å². The monoisotopic (exact) mass is 319 g/mol. The molecule has 2 aromatic rings. The Kier molecular flexibility index (Phi) is 4.43. The zero-order chi connectivity index (χ0) is 14.8. The molecular formula is C17H18ClNOS. The Bertz CT molecular complexity index is 621. The Morgan fingerprint density at radius 3 is 2.86 bits per heavy atom. The number of halogens is 1. The van der Waals surface area contributed by atoms with E-state index in [0.29, 0.717) is 16.6 Å². The van der Waals surface area contributed by atoms with Crippen LogP contribution in [-0.4, -0.2) is 22.8 Å². The van der Waals surface area contributed by atoms with Crippen molar-refractivity contribution in [2.24, 2.45) is 0 Å². The van der Waals surface area contributed by atoms with Gasteiger partial charge in [0.2, 0.25) is 0 Å². The van der Waals surface area contributed by atoms with Gasteiger partial charge in [0.1, 0.15) is 0 Å². The van der Waals surface area contributed by atoms with Crippen LogP contribution in [-0.2, 0) is 6.54 Å². The zero-order valence-corrected chi connectivity index (χ0v) is 13.5. The average Bonchev–Trinajstić information content (AvgIpc) is 3.20. The topological polar surface area (TPSA) is 20.3 Å². The lowest BCUT2D eigenvalue weighted by Crippen LogP contribution is -2.40. The third-order valence-corrected chi connectivity index (χ3v) is 4.91. The third kappa shape index (κ3) is 3.54. The van der Waals surface area contributed by atoms with Gasteiger partial charge in [0.05, 0.1) is 6.04 Å². The van der Waals surface area contributed by atoms with Gasteiger partial charge in [-0.25, -0.2) is 0 Å². The normalized spacial score (nSPS) is 16.1. The quantitative estimate of drug-likeness (QED) is 0.723. The maximum absolute atomic E-state index is 12.7. The van der Waals surface area contributed by atoms with Crippen molar-refractivity contribution in [3.05, 3.63) is 57.2 Å². The molecule has 1 unspecified atom stereocenters. The van der Waals surface area contributed by atoms with Crippen molar-refractivity contribution in [3.63, 3.8) is 0 Å². The number of benzene rings is 1. The van der Waals surface area contributed by atoms with Gasteiger partial charge in [0, 0.05) is 23.2 Å². The summed E-state index contributed by atoms with van der Waals surface area (Å²) in [6.07, 6.45) is 2.38. The van der Waals surface area contributed by atoms with E-state index in [2.05, 4.69) is 21.7 Å². The standard InChI is InChI=1S/C17H18ClNOS/c1-12(17(20)14-3-2-4-15(18)9-14)19(16-5-6-16)10-13-7-8-21-11-13/h2-4,7-9,11-12,16H,5-6,10H2,1H3. The highest BCUT2D eigenvalue weighted by molar-refractivity contribution is 7.07. The van der Waals surface area contributed by atoms with Gasteiger partial charge < -0.3 is 0 Å². The number of hydrogen-bond donors (Lipinski definition) is 0. The molecule has 2 nitrogen and oxygen atoms in total.